The molecular weight excluding hydrogens is 280 g/mol. The van der Waals surface area contributed by atoms with E-state index in [2.05, 4.69) is 0 Å². The third-order valence-corrected chi connectivity index (χ3v) is 3.71. The Labute approximate surface area is 131 Å². The Balaban J connectivity index is 2.34. The smallest absolute Gasteiger partial charge is 0.229 e. The Morgan fingerprint density at radius 3 is 2.77 bits per heavy atom. The van der Waals surface area contributed by atoms with Crippen molar-refractivity contribution in [2.24, 2.45) is 11.7 Å². The van der Waals surface area contributed by atoms with E-state index in [-0.39, 0.29) is 23.7 Å². The number of hydrogen-bond acceptors (Lipinski definition) is 4. The third kappa shape index (κ3) is 3.47. The molecule has 1 heterocycles. The monoisotopic (exact) mass is 304 g/mol. The predicted octanol–water partition coefficient (Wildman–Crippen LogP) is 2.38. The maximum absolute atomic E-state index is 12.4. The standard InChI is InChI=1S/C17H24N2O3/c1-11(2)17(21)19-10-12(3)22-16-7-6-13(9-14(16)19)15(20)5-4-8-18/h6-7,9,11-12H,4-5,8,10,18H2,1-3H3. The van der Waals surface area contributed by atoms with Crippen LogP contribution in [0.2, 0.25) is 0 Å². The summed E-state index contributed by atoms with van der Waals surface area (Å²) < 4.78 is 5.78. The van der Waals surface area contributed by atoms with Crippen molar-refractivity contribution in [1.29, 1.82) is 0 Å². The van der Waals surface area contributed by atoms with Gasteiger partial charge in [0.2, 0.25) is 5.91 Å². The molecule has 0 saturated carbocycles. The van der Waals surface area contributed by atoms with Crippen LogP contribution in [-0.2, 0) is 4.79 Å². The number of Topliss-reactive ketones (excluding diaryl/α,β-unsaturated/α-hetero) is 1. The van der Waals surface area contributed by atoms with E-state index in [4.69, 9.17) is 10.5 Å². The summed E-state index contributed by atoms with van der Waals surface area (Å²) in [5.74, 6) is 0.643. The van der Waals surface area contributed by atoms with Crippen molar-refractivity contribution in [2.45, 2.75) is 39.7 Å². The summed E-state index contributed by atoms with van der Waals surface area (Å²) in [5, 5.41) is 0. The van der Waals surface area contributed by atoms with Crippen LogP contribution in [0.25, 0.3) is 0 Å². The normalized spacial score (nSPS) is 17.1. The number of amides is 1. The summed E-state index contributed by atoms with van der Waals surface area (Å²) in [6.07, 6.45) is 1.02. The number of ketones is 1. The second-order valence-electron chi connectivity index (χ2n) is 6.03. The van der Waals surface area contributed by atoms with Crippen molar-refractivity contribution < 1.29 is 14.3 Å². The Kier molecular flexibility index (Phi) is 5.19. The highest BCUT2D eigenvalue weighted by atomic mass is 16.5. The van der Waals surface area contributed by atoms with Gasteiger partial charge in [-0.3, -0.25) is 9.59 Å². The summed E-state index contributed by atoms with van der Waals surface area (Å²) in [6.45, 7) is 6.68. The first kappa shape index (κ1) is 16.5. The van der Waals surface area contributed by atoms with Gasteiger partial charge in [0.05, 0.1) is 12.2 Å². The average molecular weight is 304 g/mol. The van der Waals surface area contributed by atoms with E-state index in [0.717, 1.165) is 0 Å². The number of nitrogens with two attached hydrogens (primary N) is 1. The van der Waals surface area contributed by atoms with E-state index in [1.807, 2.05) is 20.8 Å². The number of ether oxygens (including phenoxy) is 1. The molecule has 0 spiro atoms. The lowest BCUT2D eigenvalue weighted by molar-refractivity contribution is -0.121. The molecule has 1 aliphatic rings. The van der Waals surface area contributed by atoms with Crippen molar-refractivity contribution in [3.63, 3.8) is 0 Å². The molecule has 120 valence electrons. The van der Waals surface area contributed by atoms with Gasteiger partial charge in [-0.1, -0.05) is 13.8 Å². The van der Waals surface area contributed by atoms with Gasteiger partial charge in [0, 0.05) is 17.9 Å². The molecule has 2 N–H and O–H groups in total. The van der Waals surface area contributed by atoms with E-state index in [0.29, 0.717) is 42.9 Å². The molecule has 2 rings (SSSR count). The summed E-state index contributed by atoms with van der Waals surface area (Å²) in [7, 11) is 0. The van der Waals surface area contributed by atoms with E-state index < -0.39 is 0 Å². The van der Waals surface area contributed by atoms with Crippen LogP contribution in [0, 0.1) is 5.92 Å². The summed E-state index contributed by atoms with van der Waals surface area (Å²) in [4.78, 5) is 26.3. The molecule has 0 bridgehead atoms. The van der Waals surface area contributed by atoms with E-state index in [1.165, 1.54) is 0 Å². The van der Waals surface area contributed by atoms with Gasteiger partial charge in [0.25, 0.3) is 0 Å². The first-order chi connectivity index (χ1) is 10.4. The molecule has 1 aliphatic heterocycles. The molecule has 0 aromatic heterocycles. The lowest BCUT2D eigenvalue weighted by Crippen LogP contribution is -2.44. The molecule has 1 aromatic rings. The van der Waals surface area contributed by atoms with Crippen LogP contribution in [-0.4, -0.2) is 30.9 Å². The zero-order valence-electron chi connectivity index (χ0n) is 13.5. The number of hydrogen-bond donors (Lipinski definition) is 1. The SMILES string of the molecule is CC1CN(C(=O)C(C)C)c2cc(C(=O)CCCN)ccc2O1. The van der Waals surface area contributed by atoms with Crippen LogP contribution in [0.15, 0.2) is 18.2 Å². The van der Waals surface area contributed by atoms with Crippen LogP contribution < -0.4 is 15.4 Å². The van der Waals surface area contributed by atoms with Crippen molar-refractivity contribution in [3.05, 3.63) is 23.8 Å². The quantitative estimate of drug-likeness (QED) is 0.848. The van der Waals surface area contributed by atoms with Crippen LogP contribution in [0.4, 0.5) is 5.69 Å². The number of nitrogens with zero attached hydrogens (tertiary/aromatic N) is 1. The predicted molar refractivity (Wildman–Crippen MR) is 86.3 cm³/mol. The van der Waals surface area contributed by atoms with Crippen LogP contribution >= 0.6 is 0 Å². The molecular formula is C17H24N2O3. The minimum atomic E-state index is -0.102. The number of benzene rings is 1. The maximum atomic E-state index is 12.4. The zero-order valence-corrected chi connectivity index (χ0v) is 13.5. The highest BCUT2D eigenvalue weighted by molar-refractivity contribution is 6.01. The fourth-order valence-corrected chi connectivity index (χ4v) is 2.54. The Hall–Kier alpha value is -1.88. The lowest BCUT2D eigenvalue weighted by Gasteiger charge is -2.34. The topological polar surface area (TPSA) is 72.6 Å². The van der Waals surface area contributed by atoms with Crippen molar-refractivity contribution in [2.75, 3.05) is 18.0 Å². The van der Waals surface area contributed by atoms with Gasteiger partial charge in [-0.2, -0.15) is 0 Å². The van der Waals surface area contributed by atoms with Gasteiger partial charge >= 0.3 is 0 Å². The van der Waals surface area contributed by atoms with Gasteiger partial charge < -0.3 is 15.4 Å². The minimum absolute atomic E-state index is 0.0444. The third-order valence-electron chi connectivity index (χ3n) is 3.71. The lowest BCUT2D eigenvalue weighted by atomic mass is 10.0. The first-order valence-corrected chi connectivity index (χ1v) is 7.79. The fraction of sp³-hybridized carbons (Fsp3) is 0.529. The summed E-state index contributed by atoms with van der Waals surface area (Å²) >= 11 is 0. The molecule has 5 nitrogen and oxygen atoms in total. The van der Waals surface area contributed by atoms with Crippen LogP contribution in [0.5, 0.6) is 5.75 Å². The molecule has 5 heteroatoms. The number of fused-ring (bicyclic) bond motifs is 1. The zero-order chi connectivity index (χ0) is 16.3. The molecule has 1 unspecified atom stereocenters. The highest BCUT2D eigenvalue weighted by Crippen LogP contribution is 2.35. The van der Waals surface area contributed by atoms with Gasteiger partial charge in [-0.15, -0.1) is 0 Å². The van der Waals surface area contributed by atoms with Crippen molar-refractivity contribution >= 4 is 17.4 Å². The first-order valence-electron chi connectivity index (χ1n) is 7.79. The number of carbonyl (C=O) groups is 2. The van der Waals surface area contributed by atoms with Crippen molar-refractivity contribution in [1.82, 2.24) is 0 Å². The van der Waals surface area contributed by atoms with Crippen LogP contribution in [0.3, 0.4) is 0 Å². The van der Waals surface area contributed by atoms with Crippen LogP contribution in [0.1, 0.15) is 44.0 Å². The second kappa shape index (κ2) is 6.92. The van der Waals surface area contributed by atoms with E-state index >= 15 is 0 Å². The van der Waals surface area contributed by atoms with E-state index in [9.17, 15) is 9.59 Å². The largest absolute Gasteiger partial charge is 0.487 e. The van der Waals surface area contributed by atoms with Gasteiger partial charge in [-0.25, -0.2) is 0 Å². The Morgan fingerprint density at radius 1 is 1.41 bits per heavy atom. The number of carbonyl (C=O) groups excluding carboxylic acids is 2. The highest BCUT2D eigenvalue weighted by Gasteiger charge is 2.29. The maximum Gasteiger partial charge on any atom is 0.229 e. The Morgan fingerprint density at radius 2 is 2.14 bits per heavy atom. The fourth-order valence-electron chi connectivity index (χ4n) is 2.54. The summed E-state index contributed by atoms with van der Waals surface area (Å²) in [6, 6.07) is 5.30. The molecule has 0 aliphatic carbocycles. The van der Waals surface area contributed by atoms with Crippen molar-refractivity contribution in [3.8, 4) is 5.75 Å². The van der Waals surface area contributed by atoms with Gasteiger partial charge in [-0.05, 0) is 38.1 Å². The molecule has 1 atom stereocenters. The van der Waals surface area contributed by atoms with E-state index in [1.54, 1.807) is 23.1 Å². The molecule has 1 aromatic carbocycles. The van der Waals surface area contributed by atoms with Gasteiger partial charge in [0.1, 0.15) is 11.9 Å². The summed E-state index contributed by atoms with van der Waals surface area (Å²) in [5.41, 5.74) is 6.74. The van der Waals surface area contributed by atoms with Gasteiger partial charge in [0.15, 0.2) is 5.78 Å². The molecule has 0 saturated heterocycles. The Bertz CT molecular complexity index is 569. The molecule has 0 radical (unpaired) electrons. The molecule has 0 fully saturated rings. The number of anilines is 1. The average Bonchev–Trinajstić information content (AvgIpc) is 2.50. The molecule has 1 amide bonds. The minimum Gasteiger partial charge on any atom is -0.487 e. The second-order valence-corrected chi connectivity index (χ2v) is 6.03. The molecule has 22 heavy (non-hydrogen) atoms. The number of rotatable bonds is 5.